The Morgan fingerprint density at radius 2 is 1.80 bits per heavy atom. The fraction of sp³-hybridized carbons (Fsp3) is 0.350. The lowest BCUT2D eigenvalue weighted by molar-refractivity contribution is 0.0965. The van der Waals surface area contributed by atoms with Crippen molar-refractivity contribution >= 4 is 37.5 Å². The van der Waals surface area contributed by atoms with Crippen molar-refractivity contribution in [1.82, 2.24) is 5.32 Å². The zero-order valence-electron chi connectivity index (χ0n) is 15.3. The molecule has 0 aromatic heterocycles. The predicted octanol–water partition coefficient (Wildman–Crippen LogP) is 5.13. The Bertz CT molecular complexity index is 840. The zero-order valence-corrected chi connectivity index (χ0v) is 18.4. The second-order valence-corrected chi connectivity index (χ2v) is 10.8. The minimum absolute atomic E-state index is 0.0192. The highest BCUT2D eigenvalue weighted by Gasteiger charge is 2.26. The quantitative estimate of drug-likeness (QED) is 0.506. The fourth-order valence-corrected chi connectivity index (χ4v) is 4.43. The normalized spacial score (nSPS) is 13.8. The van der Waals surface area contributed by atoms with E-state index in [1.807, 2.05) is 6.07 Å². The van der Waals surface area contributed by atoms with Crippen molar-refractivity contribution in [3.63, 3.8) is 0 Å². The number of hydrogen-bond donors (Lipinski definition) is 1. The molecule has 0 unspecified atom stereocenters. The van der Waals surface area contributed by atoms with Crippen LogP contribution in [0, 0.1) is 3.57 Å². The van der Waals surface area contributed by atoms with Crippen molar-refractivity contribution in [3.05, 3.63) is 50.6 Å². The number of benzene rings is 2. The first kappa shape index (κ1) is 18.4. The number of amides is 1. The van der Waals surface area contributed by atoms with E-state index >= 15 is 0 Å². The first-order valence-electron chi connectivity index (χ1n) is 8.41. The van der Waals surface area contributed by atoms with Crippen LogP contribution in [0.5, 0.6) is 5.75 Å². The molecule has 131 valence electrons. The van der Waals surface area contributed by atoms with Crippen LogP contribution in [-0.4, -0.2) is 14.9 Å². The Labute approximate surface area is 165 Å². The molecule has 1 N–H and O–H groups in total. The smallest absolute Gasteiger partial charge is 0.274 e. The molecule has 3 rings (SSSR count). The van der Waals surface area contributed by atoms with Gasteiger partial charge in [0.05, 0.1) is 5.56 Å². The van der Waals surface area contributed by atoms with Crippen LogP contribution >= 0.6 is 22.6 Å². The van der Waals surface area contributed by atoms with Crippen LogP contribution < -0.4 is 9.74 Å². The molecule has 0 saturated heterocycles. The molecule has 5 heteroatoms. The molecule has 1 radical (unpaired) electrons. The van der Waals surface area contributed by atoms with E-state index in [0.29, 0.717) is 6.54 Å². The third-order valence-corrected chi connectivity index (χ3v) is 5.89. The highest BCUT2D eigenvalue weighted by atomic mass is 127. The van der Waals surface area contributed by atoms with E-state index in [-0.39, 0.29) is 11.3 Å². The Morgan fingerprint density at radius 1 is 1.12 bits per heavy atom. The average Bonchev–Trinajstić information content (AvgIpc) is 2.90. The molecule has 1 amide bonds. The molecule has 0 aliphatic carbocycles. The summed E-state index contributed by atoms with van der Waals surface area (Å²) in [5, 5.41) is 2.95. The van der Waals surface area contributed by atoms with Gasteiger partial charge in [0.2, 0.25) is 0 Å². The fourth-order valence-electron chi connectivity index (χ4n) is 3.07. The summed E-state index contributed by atoms with van der Waals surface area (Å²) in [7, 11) is -0.894. The lowest BCUT2D eigenvalue weighted by atomic mass is 9.85. The van der Waals surface area contributed by atoms with Gasteiger partial charge < -0.3 is 9.74 Å². The van der Waals surface area contributed by atoms with Crippen LogP contribution in [0.25, 0.3) is 11.1 Å². The standard InChI is InChI=1S/C20H23INO2Si/c1-20(2,3)12-6-7-14(17(10-12)24-25(4)5)13-8-9-16(21)18-15(13)11-22-19(18)23/h6-10H,11H2,1-5H3,(H,22,23). The third kappa shape index (κ3) is 3.62. The van der Waals surface area contributed by atoms with Crippen LogP contribution in [0.15, 0.2) is 30.3 Å². The van der Waals surface area contributed by atoms with Gasteiger partial charge in [-0.1, -0.05) is 39.0 Å². The minimum atomic E-state index is -0.894. The summed E-state index contributed by atoms with van der Waals surface area (Å²) in [6, 6.07) is 10.6. The zero-order chi connectivity index (χ0) is 18.4. The molecular weight excluding hydrogens is 441 g/mol. The van der Waals surface area contributed by atoms with Gasteiger partial charge in [-0.2, -0.15) is 0 Å². The Kier molecular flexibility index (Phi) is 4.99. The largest absolute Gasteiger partial charge is 0.542 e. The van der Waals surface area contributed by atoms with E-state index < -0.39 is 9.04 Å². The van der Waals surface area contributed by atoms with E-state index in [1.165, 1.54) is 5.56 Å². The van der Waals surface area contributed by atoms with E-state index in [4.69, 9.17) is 4.43 Å². The van der Waals surface area contributed by atoms with E-state index in [1.54, 1.807) is 0 Å². The highest BCUT2D eigenvalue weighted by molar-refractivity contribution is 14.1. The van der Waals surface area contributed by atoms with Gasteiger partial charge in [-0.3, -0.25) is 4.79 Å². The van der Waals surface area contributed by atoms with Crippen molar-refractivity contribution < 1.29 is 9.22 Å². The monoisotopic (exact) mass is 464 g/mol. The van der Waals surface area contributed by atoms with Gasteiger partial charge in [-0.25, -0.2) is 0 Å². The second-order valence-electron chi connectivity index (χ2n) is 7.60. The number of rotatable bonds is 3. The molecule has 1 heterocycles. The summed E-state index contributed by atoms with van der Waals surface area (Å²) >= 11 is 2.23. The predicted molar refractivity (Wildman–Crippen MR) is 113 cm³/mol. The SMILES string of the molecule is C[Si](C)Oc1cc(C(C)(C)C)ccc1-c1ccc(I)c2c1CNC2=O. The van der Waals surface area contributed by atoms with Crippen molar-refractivity contribution in [2.24, 2.45) is 0 Å². The van der Waals surface area contributed by atoms with Crippen molar-refractivity contribution in [2.75, 3.05) is 0 Å². The minimum Gasteiger partial charge on any atom is -0.542 e. The van der Waals surface area contributed by atoms with Crippen molar-refractivity contribution in [2.45, 2.75) is 45.8 Å². The summed E-state index contributed by atoms with van der Waals surface area (Å²) in [6.45, 7) is 11.5. The molecule has 3 nitrogen and oxygen atoms in total. The summed E-state index contributed by atoms with van der Waals surface area (Å²) in [4.78, 5) is 12.2. The van der Waals surface area contributed by atoms with Gasteiger partial charge in [-0.05, 0) is 69.9 Å². The summed E-state index contributed by atoms with van der Waals surface area (Å²) in [5.41, 5.74) is 5.37. The Balaban J connectivity index is 2.19. The summed E-state index contributed by atoms with van der Waals surface area (Å²) < 4.78 is 7.24. The highest BCUT2D eigenvalue weighted by Crippen LogP contribution is 2.39. The molecule has 0 bridgehead atoms. The van der Waals surface area contributed by atoms with E-state index in [9.17, 15) is 4.79 Å². The molecule has 25 heavy (non-hydrogen) atoms. The van der Waals surface area contributed by atoms with Crippen LogP contribution in [0.1, 0.15) is 42.3 Å². The number of nitrogens with one attached hydrogen (secondary N) is 1. The third-order valence-electron chi connectivity index (χ3n) is 4.37. The van der Waals surface area contributed by atoms with Crippen LogP contribution in [-0.2, 0) is 12.0 Å². The molecule has 2 aromatic carbocycles. The number of halogens is 1. The molecule has 0 saturated carbocycles. The Hall–Kier alpha value is -1.34. The summed E-state index contributed by atoms with van der Waals surface area (Å²) in [6.07, 6.45) is 0. The maximum Gasteiger partial charge on any atom is 0.274 e. The maximum atomic E-state index is 12.2. The number of carbonyl (C=O) groups is 1. The van der Waals surface area contributed by atoms with Gasteiger partial charge in [0.15, 0.2) is 0 Å². The van der Waals surface area contributed by atoms with Crippen molar-refractivity contribution in [1.29, 1.82) is 0 Å². The molecule has 1 aliphatic rings. The maximum absolute atomic E-state index is 12.2. The first-order chi connectivity index (χ1) is 11.7. The molecule has 2 aromatic rings. The van der Waals surface area contributed by atoms with Gasteiger partial charge in [0.25, 0.3) is 14.9 Å². The number of fused-ring (bicyclic) bond motifs is 1. The van der Waals surface area contributed by atoms with Crippen LogP contribution in [0.2, 0.25) is 13.1 Å². The van der Waals surface area contributed by atoms with Crippen LogP contribution in [0.3, 0.4) is 0 Å². The van der Waals surface area contributed by atoms with E-state index in [2.05, 4.69) is 86.0 Å². The van der Waals surface area contributed by atoms with Crippen LogP contribution in [0.4, 0.5) is 0 Å². The summed E-state index contributed by atoms with van der Waals surface area (Å²) in [5.74, 6) is 0.944. The number of hydrogen-bond acceptors (Lipinski definition) is 2. The van der Waals surface area contributed by atoms with Gasteiger partial charge >= 0.3 is 0 Å². The van der Waals surface area contributed by atoms with E-state index in [0.717, 1.165) is 31.6 Å². The van der Waals surface area contributed by atoms with Gasteiger partial charge in [-0.15, -0.1) is 0 Å². The van der Waals surface area contributed by atoms with Gasteiger partial charge in [0.1, 0.15) is 5.75 Å². The van der Waals surface area contributed by atoms with Gasteiger partial charge in [0, 0.05) is 15.7 Å². The average molecular weight is 464 g/mol. The molecular formula is C20H23INO2Si. The van der Waals surface area contributed by atoms with Crippen molar-refractivity contribution in [3.8, 4) is 16.9 Å². The number of carbonyl (C=O) groups excluding carboxylic acids is 1. The lowest BCUT2D eigenvalue weighted by Crippen LogP contribution is -2.15. The molecule has 0 fully saturated rings. The Morgan fingerprint density at radius 3 is 2.44 bits per heavy atom. The molecule has 0 spiro atoms. The lowest BCUT2D eigenvalue weighted by Gasteiger charge is -2.23. The molecule has 1 aliphatic heterocycles. The first-order valence-corrected chi connectivity index (χ1v) is 11.9. The second kappa shape index (κ2) is 6.76. The topological polar surface area (TPSA) is 38.3 Å². The molecule has 0 atom stereocenters.